The van der Waals surface area contributed by atoms with Gasteiger partial charge in [0.2, 0.25) is 0 Å². The predicted octanol–water partition coefficient (Wildman–Crippen LogP) is 2.89. The summed E-state index contributed by atoms with van der Waals surface area (Å²) >= 11 is 0. The zero-order valence-corrected chi connectivity index (χ0v) is 12.8. The Morgan fingerprint density at radius 2 is 0.846 bits per heavy atom. The molecule has 0 heterocycles. The first-order valence-electron chi connectivity index (χ1n) is 6.83. The van der Waals surface area contributed by atoms with Crippen molar-refractivity contribution in [2.24, 2.45) is 10.2 Å². The second-order valence-corrected chi connectivity index (χ2v) is 4.88. The third-order valence-electron chi connectivity index (χ3n) is 3.21. The Morgan fingerprint density at radius 1 is 0.538 bits per heavy atom. The van der Waals surface area contributed by atoms with Crippen LogP contribution in [0.3, 0.4) is 0 Å². The third-order valence-corrected chi connectivity index (χ3v) is 3.21. The molecule has 0 saturated heterocycles. The van der Waals surface area contributed by atoms with Crippen molar-refractivity contribution in [2.45, 2.75) is 0 Å². The average Bonchev–Trinajstić information content (AvgIpc) is 2.59. The molecular formula is C16H10N2O8. The molecule has 0 amide bonds. The van der Waals surface area contributed by atoms with Crippen LogP contribution in [0.5, 0.6) is 0 Å². The van der Waals surface area contributed by atoms with E-state index in [0.29, 0.717) is 0 Å². The smallest absolute Gasteiger partial charge is 0.336 e. The van der Waals surface area contributed by atoms with Crippen molar-refractivity contribution in [1.29, 1.82) is 0 Å². The lowest BCUT2D eigenvalue weighted by Gasteiger charge is -2.03. The molecule has 2 aromatic carbocycles. The number of hydrogen-bond acceptors (Lipinski definition) is 6. The van der Waals surface area contributed by atoms with Crippen LogP contribution in [-0.2, 0) is 0 Å². The number of nitrogens with zero attached hydrogens (tertiary/aromatic N) is 2. The van der Waals surface area contributed by atoms with Gasteiger partial charge in [-0.15, -0.1) is 0 Å². The van der Waals surface area contributed by atoms with Crippen LogP contribution in [0.15, 0.2) is 46.6 Å². The van der Waals surface area contributed by atoms with Gasteiger partial charge in [-0.1, -0.05) is 0 Å². The van der Waals surface area contributed by atoms with E-state index in [-0.39, 0.29) is 11.4 Å². The van der Waals surface area contributed by atoms with Gasteiger partial charge in [0.05, 0.1) is 33.6 Å². The van der Waals surface area contributed by atoms with E-state index in [2.05, 4.69) is 10.2 Å². The lowest BCUT2D eigenvalue weighted by molar-refractivity contribution is 0.0651. The minimum atomic E-state index is -1.46. The number of hydrogen-bond donors (Lipinski definition) is 4. The fourth-order valence-corrected chi connectivity index (χ4v) is 2.03. The summed E-state index contributed by atoms with van der Waals surface area (Å²) in [6, 6.07) is 6.55. The minimum absolute atomic E-state index is 0.0200. The first-order valence-corrected chi connectivity index (χ1v) is 6.83. The zero-order valence-electron chi connectivity index (χ0n) is 12.8. The number of benzene rings is 2. The van der Waals surface area contributed by atoms with Crippen molar-refractivity contribution in [3.8, 4) is 0 Å². The molecule has 0 bridgehead atoms. The molecule has 10 heteroatoms. The minimum Gasteiger partial charge on any atom is -0.478 e. The normalized spacial score (nSPS) is 10.6. The van der Waals surface area contributed by atoms with Gasteiger partial charge in [-0.3, -0.25) is 0 Å². The van der Waals surface area contributed by atoms with Crippen LogP contribution < -0.4 is 0 Å². The van der Waals surface area contributed by atoms with Crippen LogP contribution in [0.25, 0.3) is 0 Å². The maximum Gasteiger partial charge on any atom is 0.336 e. The Labute approximate surface area is 144 Å². The van der Waals surface area contributed by atoms with E-state index in [1.54, 1.807) is 0 Å². The molecule has 0 radical (unpaired) electrons. The lowest BCUT2D eigenvalue weighted by atomic mass is 10.1. The van der Waals surface area contributed by atoms with Gasteiger partial charge in [-0.2, -0.15) is 10.2 Å². The number of azo groups is 1. The lowest BCUT2D eigenvalue weighted by Crippen LogP contribution is -2.07. The first kappa shape index (κ1) is 18.3. The SMILES string of the molecule is O=C(O)c1ccc(/N=N/c2ccc(C(=O)O)c(C(=O)O)c2)cc1C(=O)O. The molecule has 0 aromatic heterocycles. The quantitative estimate of drug-likeness (QED) is 0.570. The van der Waals surface area contributed by atoms with Crippen molar-refractivity contribution < 1.29 is 39.6 Å². The molecule has 2 rings (SSSR count). The molecule has 26 heavy (non-hydrogen) atoms. The predicted molar refractivity (Wildman–Crippen MR) is 84.9 cm³/mol. The Morgan fingerprint density at radius 3 is 1.12 bits per heavy atom. The molecule has 0 saturated carbocycles. The van der Waals surface area contributed by atoms with E-state index in [1.165, 1.54) is 12.1 Å². The molecule has 4 N–H and O–H groups in total. The summed E-state index contributed by atoms with van der Waals surface area (Å²) in [4.78, 5) is 44.2. The van der Waals surface area contributed by atoms with Gasteiger partial charge in [-0.25, -0.2) is 19.2 Å². The van der Waals surface area contributed by atoms with Crippen molar-refractivity contribution >= 4 is 35.3 Å². The van der Waals surface area contributed by atoms with E-state index in [1.807, 2.05) is 0 Å². The third kappa shape index (κ3) is 3.87. The number of carboxylic acids is 4. The fourth-order valence-electron chi connectivity index (χ4n) is 2.03. The van der Waals surface area contributed by atoms with E-state index in [4.69, 9.17) is 20.4 Å². The van der Waals surface area contributed by atoms with Crippen molar-refractivity contribution in [3.63, 3.8) is 0 Å². The molecule has 0 aliphatic carbocycles. The van der Waals surface area contributed by atoms with Crippen LogP contribution in [-0.4, -0.2) is 44.3 Å². The van der Waals surface area contributed by atoms with E-state index >= 15 is 0 Å². The van der Waals surface area contributed by atoms with E-state index in [0.717, 1.165) is 24.3 Å². The van der Waals surface area contributed by atoms with E-state index in [9.17, 15) is 19.2 Å². The summed E-state index contributed by atoms with van der Waals surface area (Å²) in [6.07, 6.45) is 0. The summed E-state index contributed by atoms with van der Waals surface area (Å²) in [5.41, 5.74) is -1.77. The summed E-state index contributed by atoms with van der Waals surface area (Å²) in [5.74, 6) is -5.75. The summed E-state index contributed by atoms with van der Waals surface area (Å²) < 4.78 is 0. The van der Waals surface area contributed by atoms with Crippen LogP contribution in [0.2, 0.25) is 0 Å². The molecule has 0 spiro atoms. The molecular weight excluding hydrogens is 348 g/mol. The maximum atomic E-state index is 11.1. The van der Waals surface area contributed by atoms with Gasteiger partial charge in [-0.05, 0) is 36.4 Å². The van der Waals surface area contributed by atoms with Gasteiger partial charge in [0.1, 0.15) is 0 Å². The van der Waals surface area contributed by atoms with Gasteiger partial charge < -0.3 is 20.4 Å². The number of carbonyl (C=O) groups is 4. The highest BCUT2D eigenvalue weighted by Gasteiger charge is 2.17. The first-order chi connectivity index (χ1) is 12.2. The van der Waals surface area contributed by atoms with Crippen LogP contribution in [0, 0.1) is 0 Å². The van der Waals surface area contributed by atoms with Gasteiger partial charge >= 0.3 is 23.9 Å². The standard InChI is InChI=1S/C16H10N2O8/c19-13(20)9-3-1-7(5-11(9)15(23)24)17-18-8-2-4-10(14(21)22)12(6-8)16(25)26/h1-6H,(H,19,20)(H,21,22)(H,23,24)(H,25,26)/b18-17+. The van der Waals surface area contributed by atoms with Gasteiger partial charge in [0.15, 0.2) is 0 Å². The maximum absolute atomic E-state index is 11.1. The fraction of sp³-hybridized carbons (Fsp3) is 0. The highest BCUT2D eigenvalue weighted by atomic mass is 16.4. The number of aromatic carboxylic acids is 4. The van der Waals surface area contributed by atoms with Crippen LogP contribution in [0.4, 0.5) is 11.4 Å². The average molecular weight is 358 g/mol. The summed E-state index contributed by atoms with van der Waals surface area (Å²) in [5, 5.41) is 43.4. The largest absolute Gasteiger partial charge is 0.478 e. The van der Waals surface area contributed by atoms with Crippen molar-refractivity contribution in [3.05, 3.63) is 58.7 Å². The van der Waals surface area contributed by atoms with Crippen LogP contribution >= 0.6 is 0 Å². The Balaban J connectivity index is 2.41. The second kappa shape index (κ2) is 7.21. The molecule has 2 aromatic rings. The topological polar surface area (TPSA) is 174 Å². The Hall–Kier alpha value is -4.08. The van der Waals surface area contributed by atoms with Gasteiger partial charge in [0, 0.05) is 0 Å². The summed E-state index contributed by atoms with van der Waals surface area (Å²) in [7, 11) is 0. The molecule has 0 atom stereocenters. The molecule has 0 unspecified atom stereocenters. The second-order valence-electron chi connectivity index (χ2n) is 4.88. The highest BCUT2D eigenvalue weighted by molar-refractivity contribution is 6.03. The van der Waals surface area contributed by atoms with Gasteiger partial charge in [0.25, 0.3) is 0 Å². The number of carboxylic acid groups (broad SMARTS) is 4. The Kier molecular flexibility index (Phi) is 5.07. The Bertz CT molecular complexity index is 887. The molecule has 0 aliphatic rings. The van der Waals surface area contributed by atoms with Crippen LogP contribution in [0.1, 0.15) is 41.4 Å². The van der Waals surface area contributed by atoms with Crippen molar-refractivity contribution in [1.82, 2.24) is 0 Å². The number of rotatable bonds is 6. The molecule has 0 fully saturated rings. The molecule has 0 aliphatic heterocycles. The summed E-state index contributed by atoms with van der Waals surface area (Å²) in [6.45, 7) is 0. The molecule has 10 nitrogen and oxygen atoms in total. The van der Waals surface area contributed by atoms with E-state index < -0.39 is 46.1 Å². The molecule has 132 valence electrons. The van der Waals surface area contributed by atoms with Crippen molar-refractivity contribution in [2.75, 3.05) is 0 Å². The highest BCUT2D eigenvalue weighted by Crippen LogP contribution is 2.24. The zero-order chi connectivity index (χ0) is 19.4. The monoisotopic (exact) mass is 358 g/mol.